The minimum atomic E-state index is 0.380. The molecule has 0 amide bonds. The smallest absolute Gasteiger partial charge is 0.0626 e. The van der Waals surface area contributed by atoms with Crippen molar-refractivity contribution in [2.45, 2.75) is 62.4 Å². The number of nitrogens with zero attached hydrogens (tertiary/aromatic N) is 2. The van der Waals surface area contributed by atoms with Gasteiger partial charge >= 0.3 is 0 Å². The van der Waals surface area contributed by atoms with Gasteiger partial charge in [0, 0.05) is 40.6 Å². The number of allylic oxidation sites excluding steroid dienone is 6. The Balaban J connectivity index is 1.20. The molecule has 2 aliphatic heterocycles. The van der Waals surface area contributed by atoms with Crippen molar-refractivity contribution < 1.29 is 0 Å². The zero-order valence-corrected chi connectivity index (χ0v) is 21.8. The lowest BCUT2D eigenvalue weighted by atomic mass is 9.81. The molecule has 4 atom stereocenters. The van der Waals surface area contributed by atoms with Gasteiger partial charge in [-0.2, -0.15) is 0 Å². The zero-order chi connectivity index (χ0) is 25.1. The van der Waals surface area contributed by atoms with Gasteiger partial charge in [-0.25, -0.2) is 0 Å². The van der Waals surface area contributed by atoms with Crippen LogP contribution in [-0.4, -0.2) is 12.1 Å². The topological polar surface area (TPSA) is 6.48 Å². The van der Waals surface area contributed by atoms with Crippen LogP contribution in [0.15, 0.2) is 115 Å². The molecule has 0 spiro atoms. The highest BCUT2D eigenvalue weighted by Gasteiger charge is 2.41. The van der Waals surface area contributed by atoms with Crippen LogP contribution in [0.25, 0.3) is 11.1 Å². The number of rotatable bonds is 3. The lowest BCUT2D eigenvalue weighted by Crippen LogP contribution is -2.32. The van der Waals surface area contributed by atoms with Crippen LogP contribution in [0.3, 0.4) is 0 Å². The van der Waals surface area contributed by atoms with E-state index in [0.717, 1.165) is 12.8 Å². The Morgan fingerprint density at radius 3 is 2.26 bits per heavy atom. The van der Waals surface area contributed by atoms with E-state index in [4.69, 9.17) is 0 Å². The Morgan fingerprint density at radius 2 is 1.45 bits per heavy atom. The summed E-state index contributed by atoms with van der Waals surface area (Å²) in [6.45, 7) is 0. The minimum absolute atomic E-state index is 0.380. The van der Waals surface area contributed by atoms with Crippen molar-refractivity contribution in [2.75, 3.05) is 9.80 Å². The molecule has 8 rings (SSSR count). The predicted octanol–water partition coefficient (Wildman–Crippen LogP) is 9.16. The molecule has 0 radical (unpaired) electrons. The molecule has 3 aliphatic carbocycles. The zero-order valence-electron chi connectivity index (χ0n) is 21.8. The first-order valence-electron chi connectivity index (χ1n) is 14.5. The van der Waals surface area contributed by atoms with Crippen LogP contribution in [0.1, 0.15) is 61.5 Å². The largest absolute Gasteiger partial charge is 0.338 e. The third-order valence-electron chi connectivity index (χ3n) is 9.47. The lowest BCUT2D eigenvalue weighted by molar-refractivity contribution is 0.402. The standard InChI is InChI=1S/C36H34N2/c1-3-11-27(12-4-1)37-33-17-9-7-15-29(33)31-23-25(19-21-35(31)37)26-20-22-36-32(24-26)30-16-8-10-18-34(30)38(36)28-13-5-2-6-14-28/h1-5,8,10-13,16,18-24,29-30,33-34H,6-7,9,14-15,17H2. The molecule has 38 heavy (non-hydrogen) atoms. The minimum Gasteiger partial charge on any atom is -0.338 e. The maximum atomic E-state index is 2.64. The summed E-state index contributed by atoms with van der Waals surface area (Å²) in [5.41, 5.74) is 11.3. The highest BCUT2D eigenvalue weighted by Crippen LogP contribution is 2.53. The normalized spacial score (nSPS) is 26.6. The number of anilines is 3. The lowest BCUT2D eigenvalue weighted by Gasteiger charge is -2.33. The van der Waals surface area contributed by atoms with Crippen LogP contribution in [0.2, 0.25) is 0 Å². The molecule has 0 aromatic heterocycles. The average molecular weight is 495 g/mol. The van der Waals surface area contributed by atoms with Gasteiger partial charge in [0.15, 0.2) is 0 Å². The third kappa shape index (κ3) is 3.39. The molecule has 2 heterocycles. The van der Waals surface area contributed by atoms with Crippen molar-refractivity contribution >= 4 is 17.1 Å². The SMILES string of the molecule is C1=CCCC(N2c3ccc(-c4ccc5c(c4)C4CCCCC4N5c4ccccc4)cc3C3C=CC=CC32)=C1. The Labute approximate surface area is 226 Å². The summed E-state index contributed by atoms with van der Waals surface area (Å²) in [7, 11) is 0. The second kappa shape index (κ2) is 8.91. The summed E-state index contributed by atoms with van der Waals surface area (Å²) in [5, 5.41) is 0. The van der Waals surface area contributed by atoms with E-state index < -0.39 is 0 Å². The molecule has 0 N–H and O–H groups in total. The molecular weight excluding hydrogens is 460 g/mol. The number of fused-ring (bicyclic) bond motifs is 6. The van der Waals surface area contributed by atoms with Crippen molar-refractivity contribution in [3.63, 3.8) is 0 Å². The van der Waals surface area contributed by atoms with E-state index in [9.17, 15) is 0 Å². The fraction of sp³-hybridized carbons (Fsp3) is 0.278. The van der Waals surface area contributed by atoms with Crippen LogP contribution in [-0.2, 0) is 0 Å². The highest BCUT2D eigenvalue weighted by atomic mass is 15.2. The van der Waals surface area contributed by atoms with Crippen molar-refractivity contribution in [2.24, 2.45) is 0 Å². The fourth-order valence-electron chi connectivity index (χ4n) is 7.78. The van der Waals surface area contributed by atoms with E-state index in [2.05, 4.69) is 119 Å². The molecule has 3 aromatic carbocycles. The van der Waals surface area contributed by atoms with Crippen LogP contribution < -0.4 is 9.80 Å². The van der Waals surface area contributed by atoms with Crippen LogP contribution >= 0.6 is 0 Å². The molecule has 0 bridgehead atoms. The summed E-state index contributed by atoms with van der Waals surface area (Å²) < 4.78 is 0. The molecule has 0 saturated heterocycles. The van der Waals surface area contributed by atoms with Gasteiger partial charge in [-0.1, -0.05) is 79.6 Å². The van der Waals surface area contributed by atoms with Gasteiger partial charge < -0.3 is 9.80 Å². The summed E-state index contributed by atoms with van der Waals surface area (Å²) >= 11 is 0. The molecular formula is C36H34N2. The van der Waals surface area contributed by atoms with Crippen LogP contribution in [0, 0.1) is 0 Å². The molecule has 4 unspecified atom stereocenters. The highest BCUT2D eigenvalue weighted by molar-refractivity contribution is 5.80. The molecule has 3 aromatic rings. The van der Waals surface area contributed by atoms with Gasteiger partial charge in [0.2, 0.25) is 0 Å². The Morgan fingerprint density at radius 1 is 0.684 bits per heavy atom. The Kier molecular flexibility index (Phi) is 5.21. The van der Waals surface area contributed by atoms with Crippen LogP contribution in [0.5, 0.6) is 0 Å². The van der Waals surface area contributed by atoms with E-state index >= 15 is 0 Å². The third-order valence-corrected chi connectivity index (χ3v) is 9.47. The van der Waals surface area contributed by atoms with Crippen LogP contribution in [0.4, 0.5) is 17.1 Å². The van der Waals surface area contributed by atoms with Gasteiger partial charge in [0.25, 0.3) is 0 Å². The number of para-hydroxylation sites is 1. The first-order valence-corrected chi connectivity index (χ1v) is 14.5. The monoisotopic (exact) mass is 494 g/mol. The molecule has 1 saturated carbocycles. The van der Waals surface area contributed by atoms with E-state index in [-0.39, 0.29) is 0 Å². The quantitative estimate of drug-likeness (QED) is 0.358. The number of hydrogen-bond acceptors (Lipinski definition) is 2. The summed E-state index contributed by atoms with van der Waals surface area (Å²) in [4.78, 5) is 5.24. The van der Waals surface area contributed by atoms with Gasteiger partial charge in [-0.15, -0.1) is 0 Å². The van der Waals surface area contributed by atoms with Gasteiger partial charge in [-0.3, -0.25) is 0 Å². The van der Waals surface area contributed by atoms with E-state index in [1.54, 1.807) is 5.56 Å². The summed E-state index contributed by atoms with van der Waals surface area (Å²) in [5.74, 6) is 1.04. The van der Waals surface area contributed by atoms with Gasteiger partial charge in [-0.05, 0) is 90.4 Å². The Hall–Kier alpha value is -3.78. The first-order chi connectivity index (χ1) is 18.9. The van der Waals surface area contributed by atoms with E-state index in [1.165, 1.54) is 65.1 Å². The second-order valence-corrected chi connectivity index (χ2v) is 11.5. The fourth-order valence-corrected chi connectivity index (χ4v) is 7.78. The average Bonchev–Trinajstić information content (AvgIpc) is 3.50. The van der Waals surface area contributed by atoms with Crippen molar-refractivity contribution in [1.29, 1.82) is 0 Å². The molecule has 2 heteroatoms. The number of hydrogen-bond donors (Lipinski definition) is 0. The first kappa shape index (κ1) is 22.2. The van der Waals surface area contributed by atoms with Gasteiger partial charge in [0.1, 0.15) is 0 Å². The van der Waals surface area contributed by atoms with Gasteiger partial charge in [0.05, 0.1) is 6.04 Å². The van der Waals surface area contributed by atoms with Crippen molar-refractivity contribution in [3.8, 4) is 11.1 Å². The predicted molar refractivity (Wildman–Crippen MR) is 159 cm³/mol. The molecule has 2 nitrogen and oxygen atoms in total. The van der Waals surface area contributed by atoms with E-state index in [1.807, 2.05) is 0 Å². The van der Waals surface area contributed by atoms with Crippen molar-refractivity contribution in [1.82, 2.24) is 0 Å². The Bertz CT molecular complexity index is 1510. The van der Waals surface area contributed by atoms with Crippen molar-refractivity contribution in [3.05, 3.63) is 126 Å². The maximum absolute atomic E-state index is 2.64. The number of benzene rings is 3. The second-order valence-electron chi connectivity index (χ2n) is 11.5. The molecule has 1 fully saturated rings. The molecule has 5 aliphatic rings. The summed E-state index contributed by atoms with van der Waals surface area (Å²) in [6.07, 6.45) is 23.6. The summed E-state index contributed by atoms with van der Waals surface area (Å²) in [6, 6.07) is 26.5. The maximum Gasteiger partial charge on any atom is 0.0626 e. The molecule has 188 valence electrons. The van der Waals surface area contributed by atoms with E-state index in [0.29, 0.717) is 23.9 Å².